The Kier molecular flexibility index (Phi) is 3.43. The molecule has 126 valence electrons. The highest BCUT2D eigenvalue weighted by Crippen LogP contribution is 2.30. The maximum atomic E-state index is 12.9. The number of hydrogen-bond acceptors (Lipinski definition) is 5. The Labute approximate surface area is 146 Å². The summed E-state index contributed by atoms with van der Waals surface area (Å²) in [7, 11) is 1.84. The minimum Gasteiger partial charge on any atom is -0.366 e. The van der Waals surface area contributed by atoms with Crippen LogP contribution >= 0.6 is 11.3 Å². The number of amides is 1. The molecule has 0 aliphatic heterocycles. The van der Waals surface area contributed by atoms with E-state index in [4.69, 9.17) is 5.73 Å². The van der Waals surface area contributed by atoms with Gasteiger partial charge in [0.05, 0.1) is 22.4 Å². The fraction of sp³-hybridized carbons (Fsp3) is 0.176. The first-order valence-electron chi connectivity index (χ1n) is 7.66. The van der Waals surface area contributed by atoms with Gasteiger partial charge >= 0.3 is 0 Å². The summed E-state index contributed by atoms with van der Waals surface area (Å²) in [5, 5.41) is 6.07. The first-order valence-corrected chi connectivity index (χ1v) is 8.47. The van der Waals surface area contributed by atoms with Crippen LogP contribution in [-0.4, -0.2) is 25.2 Å². The number of primary amides is 1. The van der Waals surface area contributed by atoms with Crippen molar-refractivity contribution in [2.45, 2.75) is 13.5 Å². The molecule has 4 rings (SSSR count). The molecule has 0 aliphatic carbocycles. The van der Waals surface area contributed by atoms with Gasteiger partial charge in [-0.1, -0.05) is 12.1 Å². The van der Waals surface area contributed by atoms with E-state index >= 15 is 0 Å². The lowest BCUT2D eigenvalue weighted by Gasteiger charge is -2.06. The molecule has 3 aromatic heterocycles. The summed E-state index contributed by atoms with van der Waals surface area (Å²) >= 11 is 1.55. The molecule has 1 aromatic carbocycles. The van der Waals surface area contributed by atoms with E-state index in [1.807, 2.05) is 24.6 Å². The van der Waals surface area contributed by atoms with E-state index in [2.05, 4.69) is 10.1 Å². The van der Waals surface area contributed by atoms with Crippen LogP contribution in [0.1, 0.15) is 20.9 Å². The quantitative estimate of drug-likeness (QED) is 0.607. The van der Waals surface area contributed by atoms with Gasteiger partial charge in [-0.25, -0.2) is 9.67 Å². The Morgan fingerprint density at radius 1 is 1.36 bits per heavy atom. The predicted octanol–water partition coefficient (Wildman–Crippen LogP) is 1.80. The lowest BCUT2D eigenvalue weighted by molar-refractivity contribution is 0.1000. The number of rotatable bonds is 3. The van der Waals surface area contributed by atoms with E-state index in [-0.39, 0.29) is 12.1 Å². The third-order valence-corrected chi connectivity index (χ3v) is 5.17. The van der Waals surface area contributed by atoms with Gasteiger partial charge in [0.1, 0.15) is 5.52 Å². The van der Waals surface area contributed by atoms with Crippen LogP contribution in [0.2, 0.25) is 0 Å². The average molecular weight is 353 g/mol. The largest absolute Gasteiger partial charge is 0.366 e. The van der Waals surface area contributed by atoms with E-state index in [0.29, 0.717) is 11.1 Å². The maximum Gasteiger partial charge on any atom is 0.291 e. The van der Waals surface area contributed by atoms with Crippen LogP contribution in [0.25, 0.3) is 21.3 Å². The molecule has 0 radical (unpaired) electrons. The fourth-order valence-corrected chi connectivity index (χ4v) is 3.96. The second-order valence-corrected chi connectivity index (χ2v) is 7.08. The Bertz CT molecular complexity index is 1200. The lowest BCUT2D eigenvalue weighted by Crippen LogP contribution is -2.24. The molecule has 3 heterocycles. The minimum atomic E-state index is -0.498. The molecule has 25 heavy (non-hydrogen) atoms. The highest BCUT2D eigenvalue weighted by atomic mass is 32.1. The topological polar surface area (TPSA) is 95.8 Å². The van der Waals surface area contributed by atoms with Gasteiger partial charge in [0.15, 0.2) is 5.65 Å². The van der Waals surface area contributed by atoms with E-state index in [1.165, 1.54) is 4.68 Å². The molecule has 0 atom stereocenters. The molecule has 0 bridgehead atoms. The molecule has 2 N–H and O–H groups in total. The summed E-state index contributed by atoms with van der Waals surface area (Å²) in [4.78, 5) is 28.7. The summed E-state index contributed by atoms with van der Waals surface area (Å²) in [6, 6.07) is 6.89. The van der Waals surface area contributed by atoms with Crippen LogP contribution in [0.4, 0.5) is 0 Å². The standard InChI is InChI=1S/C17H15N5O2S/c1-9-20-16-14(25-9)12-7-19-22(17(24)13(12)21(16)2)8-10-4-3-5-11(6-10)15(18)23/h3-7H,8H2,1-2H3,(H2,18,23). The van der Waals surface area contributed by atoms with Crippen LogP contribution in [0, 0.1) is 6.92 Å². The number of nitrogens with zero attached hydrogens (tertiary/aromatic N) is 4. The van der Waals surface area contributed by atoms with Crippen molar-refractivity contribution in [2.24, 2.45) is 12.8 Å². The minimum absolute atomic E-state index is 0.188. The summed E-state index contributed by atoms with van der Waals surface area (Å²) in [6.45, 7) is 2.21. The predicted molar refractivity (Wildman–Crippen MR) is 97.0 cm³/mol. The number of hydrogen-bond donors (Lipinski definition) is 1. The molecule has 7 nitrogen and oxygen atoms in total. The van der Waals surface area contributed by atoms with Gasteiger partial charge in [-0.3, -0.25) is 9.59 Å². The number of nitrogens with two attached hydrogens (primary N) is 1. The summed E-state index contributed by atoms with van der Waals surface area (Å²) in [5.74, 6) is -0.498. The van der Waals surface area contributed by atoms with Crippen LogP contribution in [0.3, 0.4) is 0 Å². The number of carbonyl (C=O) groups is 1. The van der Waals surface area contributed by atoms with Gasteiger partial charge in [-0.2, -0.15) is 5.10 Å². The number of thiazole rings is 1. The number of aryl methyl sites for hydroxylation is 2. The number of aromatic nitrogens is 4. The van der Waals surface area contributed by atoms with Gasteiger partial charge in [0, 0.05) is 18.0 Å². The van der Waals surface area contributed by atoms with Crippen LogP contribution < -0.4 is 11.3 Å². The Morgan fingerprint density at radius 3 is 2.92 bits per heavy atom. The lowest BCUT2D eigenvalue weighted by atomic mass is 10.1. The first-order chi connectivity index (χ1) is 12.0. The molecule has 4 aromatic rings. The highest BCUT2D eigenvalue weighted by molar-refractivity contribution is 7.19. The van der Waals surface area contributed by atoms with Crippen molar-refractivity contribution in [3.63, 3.8) is 0 Å². The Balaban J connectivity index is 1.85. The average Bonchev–Trinajstić information content (AvgIpc) is 3.08. The summed E-state index contributed by atoms with van der Waals surface area (Å²) in [6.07, 6.45) is 1.70. The molecule has 0 saturated carbocycles. The monoisotopic (exact) mass is 353 g/mol. The number of carbonyl (C=O) groups excluding carboxylic acids is 1. The smallest absolute Gasteiger partial charge is 0.291 e. The highest BCUT2D eigenvalue weighted by Gasteiger charge is 2.17. The van der Waals surface area contributed by atoms with Gasteiger partial charge in [0.25, 0.3) is 5.56 Å². The second-order valence-electron chi connectivity index (χ2n) is 5.88. The molecule has 0 spiro atoms. The van der Waals surface area contributed by atoms with Crippen LogP contribution in [0.15, 0.2) is 35.3 Å². The zero-order chi connectivity index (χ0) is 17.7. The summed E-state index contributed by atoms with van der Waals surface area (Å²) < 4.78 is 4.18. The van der Waals surface area contributed by atoms with E-state index in [1.54, 1.807) is 35.7 Å². The SMILES string of the molecule is Cc1nc2c(s1)c1cnn(Cc3cccc(C(N)=O)c3)c(=O)c1n2C. The zero-order valence-electron chi connectivity index (χ0n) is 13.7. The second kappa shape index (κ2) is 5.52. The molecule has 0 fully saturated rings. The molecule has 0 unspecified atom stereocenters. The van der Waals surface area contributed by atoms with Crippen molar-refractivity contribution in [2.75, 3.05) is 0 Å². The molecular weight excluding hydrogens is 338 g/mol. The zero-order valence-corrected chi connectivity index (χ0v) is 14.5. The van der Waals surface area contributed by atoms with E-state index in [9.17, 15) is 9.59 Å². The first kappa shape index (κ1) is 15.5. The van der Waals surface area contributed by atoms with E-state index in [0.717, 1.165) is 26.3 Å². The third kappa shape index (κ3) is 2.42. The number of fused-ring (bicyclic) bond motifs is 3. The van der Waals surface area contributed by atoms with Gasteiger partial charge in [-0.15, -0.1) is 11.3 Å². The molecular formula is C17H15N5O2S. The van der Waals surface area contributed by atoms with Crippen molar-refractivity contribution < 1.29 is 4.79 Å². The Morgan fingerprint density at radius 2 is 2.16 bits per heavy atom. The molecule has 0 aliphatic rings. The van der Waals surface area contributed by atoms with Crippen molar-refractivity contribution in [1.29, 1.82) is 0 Å². The van der Waals surface area contributed by atoms with Crippen molar-refractivity contribution in [1.82, 2.24) is 19.3 Å². The molecule has 1 amide bonds. The van der Waals surface area contributed by atoms with Gasteiger partial charge < -0.3 is 10.3 Å². The summed E-state index contributed by atoms with van der Waals surface area (Å²) in [5.41, 5.74) is 7.69. The van der Waals surface area contributed by atoms with Crippen molar-refractivity contribution >= 4 is 38.5 Å². The van der Waals surface area contributed by atoms with Crippen LogP contribution in [0.5, 0.6) is 0 Å². The van der Waals surface area contributed by atoms with Crippen molar-refractivity contribution in [3.8, 4) is 0 Å². The Hall–Kier alpha value is -3.00. The molecule has 8 heteroatoms. The molecule has 0 saturated heterocycles. The third-order valence-electron chi connectivity index (χ3n) is 4.18. The van der Waals surface area contributed by atoms with Gasteiger partial charge in [-0.05, 0) is 24.6 Å². The fourth-order valence-electron chi connectivity index (χ4n) is 3.00. The van der Waals surface area contributed by atoms with Gasteiger partial charge in [0.2, 0.25) is 5.91 Å². The maximum absolute atomic E-state index is 12.9. The number of benzene rings is 1. The van der Waals surface area contributed by atoms with Crippen molar-refractivity contribution in [3.05, 3.63) is 57.0 Å². The normalized spacial score (nSPS) is 11.4. The van der Waals surface area contributed by atoms with Crippen LogP contribution in [-0.2, 0) is 13.6 Å². The van der Waals surface area contributed by atoms with E-state index < -0.39 is 5.91 Å².